The molecule has 3 heteroatoms. The standard InChI is InChI=1S/C13H19N3/c1-2-4-13(5-3-1)12-15-8-11-16-9-6-14-7-10-16/h1-5,12,14H,6-11H2. The molecule has 1 aromatic carbocycles. The van der Waals surface area contributed by atoms with Crippen LogP contribution in [0.3, 0.4) is 0 Å². The number of hydrogen-bond donors (Lipinski definition) is 1. The van der Waals surface area contributed by atoms with Crippen LogP contribution in [-0.4, -0.2) is 50.4 Å². The monoisotopic (exact) mass is 217 g/mol. The Balaban J connectivity index is 1.69. The van der Waals surface area contributed by atoms with E-state index in [9.17, 15) is 0 Å². The molecule has 0 aliphatic carbocycles. The third-order valence-electron chi connectivity index (χ3n) is 2.79. The molecule has 0 radical (unpaired) electrons. The number of nitrogens with one attached hydrogen (secondary N) is 1. The summed E-state index contributed by atoms with van der Waals surface area (Å²) in [6.45, 7) is 6.51. The molecular formula is C13H19N3. The molecule has 3 nitrogen and oxygen atoms in total. The van der Waals surface area contributed by atoms with E-state index in [0.717, 1.165) is 39.3 Å². The number of hydrogen-bond acceptors (Lipinski definition) is 3. The Labute approximate surface area is 97.2 Å². The van der Waals surface area contributed by atoms with Crippen molar-refractivity contribution in [3.63, 3.8) is 0 Å². The second kappa shape index (κ2) is 6.40. The minimum Gasteiger partial charge on any atom is -0.314 e. The predicted octanol–water partition coefficient (Wildman–Crippen LogP) is 1.01. The SMILES string of the molecule is C(=NCCN1CCNCC1)c1ccccc1. The molecule has 1 aliphatic rings. The minimum atomic E-state index is 0.898. The van der Waals surface area contributed by atoms with E-state index in [-0.39, 0.29) is 0 Å². The van der Waals surface area contributed by atoms with Crippen molar-refractivity contribution in [1.29, 1.82) is 0 Å². The number of piperazine rings is 1. The number of aliphatic imine (C=N–C) groups is 1. The lowest BCUT2D eigenvalue weighted by molar-refractivity contribution is 0.248. The predicted molar refractivity (Wildman–Crippen MR) is 68.2 cm³/mol. The Hall–Kier alpha value is -1.19. The molecule has 1 saturated heterocycles. The van der Waals surface area contributed by atoms with Gasteiger partial charge in [0.2, 0.25) is 0 Å². The number of benzene rings is 1. The van der Waals surface area contributed by atoms with Crippen LogP contribution in [0.25, 0.3) is 0 Å². The van der Waals surface area contributed by atoms with Crippen LogP contribution in [0.5, 0.6) is 0 Å². The first kappa shape index (κ1) is 11.3. The van der Waals surface area contributed by atoms with Gasteiger partial charge in [0, 0.05) is 38.9 Å². The maximum atomic E-state index is 4.45. The van der Waals surface area contributed by atoms with E-state index in [1.165, 1.54) is 5.56 Å². The van der Waals surface area contributed by atoms with E-state index < -0.39 is 0 Å². The summed E-state index contributed by atoms with van der Waals surface area (Å²) in [4.78, 5) is 6.91. The fraction of sp³-hybridized carbons (Fsp3) is 0.462. The van der Waals surface area contributed by atoms with Gasteiger partial charge in [-0.05, 0) is 5.56 Å². The van der Waals surface area contributed by atoms with Crippen LogP contribution in [0.1, 0.15) is 5.56 Å². The van der Waals surface area contributed by atoms with Crippen molar-refractivity contribution in [1.82, 2.24) is 10.2 Å². The average Bonchev–Trinajstić information content (AvgIpc) is 2.37. The van der Waals surface area contributed by atoms with Gasteiger partial charge in [0.1, 0.15) is 0 Å². The number of nitrogens with zero attached hydrogens (tertiary/aromatic N) is 2. The summed E-state index contributed by atoms with van der Waals surface area (Å²) in [5.41, 5.74) is 1.18. The molecule has 0 amide bonds. The van der Waals surface area contributed by atoms with E-state index in [1.54, 1.807) is 0 Å². The molecule has 2 rings (SSSR count). The molecule has 0 atom stereocenters. The van der Waals surface area contributed by atoms with Crippen molar-refractivity contribution in [3.8, 4) is 0 Å². The number of rotatable bonds is 4. The molecule has 16 heavy (non-hydrogen) atoms. The summed E-state index contributed by atoms with van der Waals surface area (Å²) < 4.78 is 0. The molecule has 0 bridgehead atoms. The van der Waals surface area contributed by atoms with Crippen LogP contribution in [-0.2, 0) is 0 Å². The maximum Gasteiger partial charge on any atom is 0.0517 e. The Morgan fingerprint density at radius 2 is 1.94 bits per heavy atom. The van der Waals surface area contributed by atoms with E-state index in [2.05, 4.69) is 27.3 Å². The topological polar surface area (TPSA) is 27.6 Å². The molecule has 0 saturated carbocycles. The third-order valence-corrected chi connectivity index (χ3v) is 2.79. The van der Waals surface area contributed by atoms with Crippen LogP contribution in [0.4, 0.5) is 0 Å². The Morgan fingerprint density at radius 1 is 1.19 bits per heavy atom. The van der Waals surface area contributed by atoms with Crippen LogP contribution < -0.4 is 5.32 Å². The molecule has 86 valence electrons. The second-order valence-corrected chi connectivity index (χ2v) is 4.04. The van der Waals surface area contributed by atoms with Crippen molar-refractivity contribution >= 4 is 6.21 Å². The quantitative estimate of drug-likeness (QED) is 0.762. The maximum absolute atomic E-state index is 4.45. The highest BCUT2D eigenvalue weighted by Gasteiger charge is 2.07. The van der Waals surface area contributed by atoms with E-state index in [1.807, 2.05) is 24.4 Å². The summed E-state index contributed by atoms with van der Waals surface area (Å²) in [6.07, 6.45) is 1.96. The van der Waals surface area contributed by atoms with Crippen molar-refractivity contribution in [2.24, 2.45) is 4.99 Å². The molecule has 1 heterocycles. The van der Waals surface area contributed by atoms with Crippen molar-refractivity contribution in [2.45, 2.75) is 0 Å². The highest BCUT2D eigenvalue weighted by atomic mass is 15.2. The lowest BCUT2D eigenvalue weighted by Gasteiger charge is -2.26. The summed E-state index contributed by atoms with van der Waals surface area (Å²) >= 11 is 0. The van der Waals surface area contributed by atoms with Gasteiger partial charge < -0.3 is 5.32 Å². The van der Waals surface area contributed by atoms with Gasteiger partial charge in [0.25, 0.3) is 0 Å². The fourth-order valence-corrected chi connectivity index (χ4v) is 1.84. The van der Waals surface area contributed by atoms with Gasteiger partial charge in [-0.2, -0.15) is 0 Å². The first-order chi connectivity index (χ1) is 7.95. The van der Waals surface area contributed by atoms with E-state index in [4.69, 9.17) is 0 Å². The van der Waals surface area contributed by atoms with Gasteiger partial charge >= 0.3 is 0 Å². The van der Waals surface area contributed by atoms with Gasteiger partial charge in [-0.1, -0.05) is 30.3 Å². The van der Waals surface area contributed by atoms with Gasteiger partial charge in [-0.15, -0.1) is 0 Å². The Bertz CT molecular complexity index is 315. The third kappa shape index (κ3) is 3.76. The molecule has 1 N–H and O–H groups in total. The van der Waals surface area contributed by atoms with Gasteiger partial charge in [0.15, 0.2) is 0 Å². The lowest BCUT2D eigenvalue weighted by Crippen LogP contribution is -2.44. The summed E-state index contributed by atoms with van der Waals surface area (Å²) in [7, 11) is 0. The van der Waals surface area contributed by atoms with Crippen LogP contribution in [0, 0.1) is 0 Å². The van der Waals surface area contributed by atoms with Gasteiger partial charge in [-0.3, -0.25) is 9.89 Å². The fourth-order valence-electron chi connectivity index (χ4n) is 1.84. The second-order valence-electron chi connectivity index (χ2n) is 4.04. The van der Waals surface area contributed by atoms with Crippen LogP contribution >= 0.6 is 0 Å². The largest absolute Gasteiger partial charge is 0.314 e. The normalized spacial score (nSPS) is 18.0. The Kier molecular flexibility index (Phi) is 4.52. The van der Waals surface area contributed by atoms with Crippen molar-refractivity contribution in [3.05, 3.63) is 35.9 Å². The lowest BCUT2D eigenvalue weighted by atomic mass is 10.2. The van der Waals surface area contributed by atoms with Crippen molar-refractivity contribution < 1.29 is 0 Å². The first-order valence-electron chi connectivity index (χ1n) is 5.93. The zero-order chi connectivity index (χ0) is 11.1. The zero-order valence-electron chi connectivity index (χ0n) is 9.60. The summed E-state index contributed by atoms with van der Waals surface area (Å²) in [6, 6.07) is 10.3. The average molecular weight is 217 g/mol. The van der Waals surface area contributed by atoms with Gasteiger partial charge in [0.05, 0.1) is 6.54 Å². The minimum absolute atomic E-state index is 0.898. The molecule has 1 fully saturated rings. The molecule has 0 spiro atoms. The Morgan fingerprint density at radius 3 is 2.69 bits per heavy atom. The molecule has 0 aromatic heterocycles. The zero-order valence-corrected chi connectivity index (χ0v) is 9.60. The van der Waals surface area contributed by atoms with Gasteiger partial charge in [-0.25, -0.2) is 0 Å². The smallest absolute Gasteiger partial charge is 0.0517 e. The van der Waals surface area contributed by atoms with E-state index in [0.29, 0.717) is 0 Å². The highest BCUT2D eigenvalue weighted by molar-refractivity contribution is 5.79. The van der Waals surface area contributed by atoms with Crippen molar-refractivity contribution in [2.75, 3.05) is 39.3 Å². The van der Waals surface area contributed by atoms with E-state index >= 15 is 0 Å². The molecule has 1 aliphatic heterocycles. The van der Waals surface area contributed by atoms with Crippen LogP contribution in [0.15, 0.2) is 35.3 Å². The molecule has 1 aromatic rings. The summed E-state index contributed by atoms with van der Waals surface area (Å²) in [5.74, 6) is 0. The van der Waals surface area contributed by atoms with Crippen LogP contribution in [0.2, 0.25) is 0 Å². The highest BCUT2D eigenvalue weighted by Crippen LogP contribution is 1.95. The first-order valence-corrected chi connectivity index (χ1v) is 5.93. The molecular weight excluding hydrogens is 198 g/mol. The molecule has 0 unspecified atom stereocenters. The summed E-state index contributed by atoms with van der Waals surface area (Å²) in [5, 5.41) is 3.35.